The number of alkyl halides is 2. The summed E-state index contributed by atoms with van der Waals surface area (Å²) < 4.78 is 31.5. The molecule has 1 unspecified atom stereocenters. The number of anilines is 1. The van der Waals surface area contributed by atoms with Crippen molar-refractivity contribution >= 4 is 29.3 Å². The predicted molar refractivity (Wildman–Crippen MR) is 131 cm³/mol. The molecular weight excluding hydrogens is 559 g/mol. The van der Waals surface area contributed by atoms with Crippen molar-refractivity contribution in [2.45, 2.75) is 44.6 Å². The van der Waals surface area contributed by atoms with E-state index in [1.165, 1.54) is 49.7 Å². The number of piperidine rings is 1. The number of carbonyl (C=O) groups is 1. The second kappa shape index (κ2) is 12.1. The summed E-state index contributed by atoms with van der Waals surface area (Å²) in [5.74, 6) is 7.36. The molecule has 2 bridgehead atoms. The average molecular weight is 580 g/mol. The van der Waals surface area contributed by atoms with Crippen molar-refractivity contribution in [3.8, 4) is 28.7 Å². The largest absolute Gasteiger partial charge is 2.00 e. The van der Waals surface area contributed by atoms with Crippen molar-refractivity contribution in [3.63, 3.8) is 0 Å². The maximum Gasteiger partial charge on any atom is 2.00 e. The number of fused-ring (bicyclic) bond motifs is 2. The summed E-state index contributed by atoms with van der Waals surface area (Å²) in [6.45, 7) is 0. The Balaban J connectivity index is 0.000000256. The molecule has 3 aromatic rings. The Morgan fingerprint density at radius 2 is 2.00 bits per heavy atom. The summed E-state index contributed by atoms with van der Waals surface area (Å²) >= 11 is 1.37. The van der Waals surface area contributed by atoms with Crippen molar-refractivity contribution in [1.29, 1.82) is 0 Å². The zero-order valence-electron chi connectivity index (χ0n) is 20.1. The van der Waals surface area contributed by atoms with Gasteiger partial charge in [-0.15, -0.1) is 23.0 Å². The van der Waals surface area contributed by atoms with Crippen LogP contribution in [0.15, 0.2) is 24.5 Å². The van der Waals surface area contributed by atoms with Crippen LogP contribution in [0, 0.1) is 29.2 Å². The first kappa shape index (κ1) is 27.7. The molecule has 2 atom stereocenters. The molecule has 2 saturated carbocycles. The fourth-order valence-corrected chi connectivity index (χ4v) is 4.88. The third-order valence-electron chi connectivity index (χ3n) is 6.51. The molecule has 12 heteroatoms. The molecule has 0 spiro atoms. The number of halogens is 2. The molecule has 3 aromatic heterocycles. The number of pyridine rings is 2. The van der Waals surface area contributed by atoms with Gasteiger partial charge >= 0.3 is 16.5 Å². The number of methoxy groups -OCH3 is 1. The maximum absolute atomic E-state index is 13.1. The van der Waals surface area contributed by atoms with Crippen LogP contribution in [0.1, 0.15) is 54.8 Å². The molecule has 6 rings (SSSR count). The number of hydrogen-bond donors (Lipinski definition) is 0. The Labute approximate surface area is 232 Å². The van der Waals surface area contributed by atoms with Crippen molar-refractivity contribution < 1.29 is 39.6 Å². The number of aromatic nitrogens is 4. The fraction of sp³-hybridized carbons (Fsp3) is 0.385. The number of amides is 1. The molecule has 3 fully saturated rings. The van der Waals surface area contributed by atoms with E-state index in [0.717, 1.165) is 24.3 Å². The van der Waals surface area contributed by atoms with E-state index < -0.39 is 12.1 Å². The molecule has 0 N–H and O–H groups in total. The Kier molecular flexibility index (Phi) is 8.80. The monoisotopic (exact) mass is 579 g/mol. The number of rotatable bonds is 5. The van der Waals surface area contributed by atoms with Gasteiger partial charge in [0.25, 0.3) is 6.43 Å². The Bertz CT molecular complexity index is 1370. The standard InChI is InChI=1S/C19H16F2N3O3.C7H5N2S.Ni/c1-27-16-8-22-15(18(20)21)5-14(16)13-6-17(23-7-11(13)9-25)24-12-3-2-10(4-12)19(24)26;1-2-6(1)3-4-7-9-8-5-10-7;/h5-8,10,12,18H,2-4H2,1H3;6H,1-2H2;/q2*-1;+2/t10?,12-;;/m1../s1. The van der Waals surface area contributed by atoms with Crippen LogP contribution in [0.5, 0.6) is 5.75 Å². The Morgan fingerprint density at radius 1 is 1.18 bits per heavy atom. The van der Waals surface area contributed by atoms with Crippen molar-refractivity contribution in [1.82, 2.24) is 20.2 Å². The van der Waals surface area contributed by atoms with Crippen LogP contribution in [0.25, 0.3) is 11.1 Å². The molecule has 8 nitrogen and oxygen atoms in total. The van der Waals surface area contributed by atoms with Crippen molar-refractivity contribution in [2.75, 3.05) is 12.0 Å². The van der Waals surface area contributed by atoms with Gasteiger partial charge in [-0.3, -0.25) is 19.8 Å². The molecule has 1 amide bonds. The van der Waals surface area contributed by atoms with Crippen LogP contribution in [-0.2, 0) is 26.1 Å². The fourth-order valence-electron chi connectivity index (χ4n) is 4.52. The summed E-state index contributed by atoms with van der Waals surface area (Å²) in [5, 5.41) is 8.10. The minimum absolute atomic E-state index is 0. The molecule has 0 radical (unpaired) electrons. The predicted octanol–water partition coefficient (Wildman–Crippen LogP) is 4.16. The molecule has 0 aromatic carbocycles. The van der Waals surface area contributed by atoms with E-state index >= 15 is 0 Å². The van der Waals surface area contributed by atoms with Crippen LogP contribution in [-0.4, -0.2) is 45.5 Å². The van der Waals surface area contributed by atoms with Gasteiger partial charge in [0.05, 0.1) is 19.6 Å². The second-order valence-corrected chi connectivity index (χ2v) is 9.69. The SMILES string of the molecule is C(#CC1CC1)c1nn[c-]s1.COc1cnc(C(F)F)cc1-c1cc(N2C(=O)C3CC[C@@H]2C3)ncc1[C-]=O.[Ni+2]. The van der Waals surface area contributed by atoms with Crippen LogP contribution in [0.3, 0.4) is 0 Å². The van der Waals surface area contributed by atoms with E-state index in [9.17, 15) is 18.4 Å². The average Bonchev–Trinajstić information content (AvgIpc) is 3.27. The van der Waals surface area contributed by atoms with E-state index in [0.29, 0.717) is 17.3 Å². The smallest absolute Gasteiger partial charge is 0.496 e. The zero-order valence-corrected chi connectivity index (χ0v) is 21.9. The third kappa shape index (κ3) is 5.89. The topological polar surface area (TPSA) is 98.2 Å². The van der Waals surface area contributed by atoms with E-state index in [2.05, 4.69) is 37.5 Å². The first-order chi connectivity index (χ1) is 18.0. The first-order valence-corrected chi connectivity index (χ1v) is 12.5. The van der Waals surface area contributed by atoms with Crippen LogP contribution < -0.4 is 9.64 Å². The summed E-state index contributed by atoms with van der Waals surface area (Å²) in [6.07, 6.45) is 6.60. The summed E-state index contributed by atoms with van der Waals surface area (Å²) in [4.78, 5) is 33.5. The normalized spacial score (nSPS) is 19.3. The second-order valence-electron chi connectivity index (χ2n) is 8.91. The number of ether oxygens (including phenoxy) is 1. The van der Waals surface area contributed by atoms with Crippen LogP contribution in [0.2, 0.25) is 0 Å². The molecule has 4 heterocycles. The quantitative estimate of drug-likeness (QED) is 0.254. The summed E-state index contributed by atoms with van der Waals surface area (Å²) in [5.41, 5.74) is 2.92. The van der Waals surface area contributed by atoms with Crippen molar-refractivity contribution in [3.05, 3.63) is 46.3 Å². The Hall–Kier alpha value is -3.29. The van der Waals surface area contributed by atoms with Gasteiger partial charge in [-0.05, 0) is 43.7 Å². The zero-order chi connectivity index (χ0) is 25.9. The molecule has 3 aliphatic rings. The van der Waals surface area contributed by atoms with Gasteiger partial charge in [0.2, 0.25) is 5.91 Å². The summed E-state index contributed by atoms with van der Waals surface area (Å²) in [6, 6.07) is 2.83. The van der Waals surface area contributed by atoms with Gasteiger partial charge in [0.1, 0.15) is 17.3 Å². The number of carbonyl (C=O) groups excluding carboxylic acids is 2. The van der Waals surface area contributed by atoms with E-state index in [-0.39, 0.29) is 51.2 Å². The molecule has 2 aliphatic carbocycles. The van der Waals surface area contributed by atoms with E-state index in [4.69, 9.17) is 4.74 Å². The molecular formula is C26H21F2N5NiO3S. The Morgan fingerprint density at radius 3 is 2.61 bits per heavy atom. The van der Waals surface area contributed by atoms with Gasteiger partial charge in [-0.1, -0.05) is 17.8 Å². The van der Waals surface area contributed by atoms with E-state index in [1.54, 1.807) is 17.3 Å². The van der Waals surface area contributed by atoms with Crippen molar-refractivity contribution in [2.24, 2.45) is 11.8 Å². The van der Waals surface area contributed by atoms with Crippen LogP contribution >= 0.6 is 11.3 Å². The van der Waals surface area contributed by atoms with Gasteiger partial charge < -0.3 is 25.9 Å². The van der Waals surface area contributed by atoms with Gasteiger partial charge in [-0.2, -0.15) is 0 Å². The van der Waals surface area contributed by atoms with E-state index in [1.807, 2.05) is 0 Å². The minimum Gasteiger partial charge on any atom is -0.496 e. The minimum atomic E-state index is -2.77. The molecule has 1 saturated heterocycles. The van der Waals surface area contributed by atoms with Gasteiger partial charge in [0, 0.05) is 22.9 Å². The number of nitrogens with zero attached hydrogens (tertiary/aromatic N) is 5. The van der Waals surface area contributed by atoms with Gasteiger partial charge in [-0.25, -0.2) is 13.9 Å². The van der Waals surface area contributed by atoms with Crippen LogP contribution in [0.4, 0.5) is 14.6 Å². The summed E-state index contributed by atoms with van der Waals surface area (Å²) in [7, 11) is 1.39. The number of hydrogen-bond acceptors (Lipinski definition) is 8. The molecule has 1 aliphatic heterocycles. The molecule has 198 valence electrons. The van der Waals surface area contributed by atoms with Gasteiger partial charge in [0.15, 0.2) is 0 Å². The third-order valence-corrected chi connectivity index (χ3v) is 7.06. The maximum atomic E-state index is 13.1. The molecule has 38 heavy (non-hydrogen) atoms. The first-order valence-electron chi connectivity index (χ1n) is 11.7.